The Balaban J connectivity index is 1.66. The molecule has 1 aliphatic rings. The minimum absolute atomic E-state index is 0.0540. The number of carbonyl (C=O) groups excluding carboxylic acids is 1. The first-order valence-electron chi connectivity index (χ1n) is 11.9. The molecule has 2 atom stereocenters. The van der Waals surface area contributed by atoms with Gasteiger partial charge in [-0.2, -0.15) is 5.10 Å². The van der Waals surface area contributed by atoms with Crippen LogP contribution >= 0.6 is 0 Å². The molecule has 3 aromatic rings. The van der Waals surface area contributed by atoms with E-state index in [4.69, 9.17) is 9.47 Å². The Morgan fingerprint density at radius 3 is 2.26 bits per heavy atom. The molecule has 0 bridgehead atoms. The largest absolute Gasteiger partial charge is 0.452 e. The van der Waals surface area contributed by atoms with Gasteiger partial charge >= 0.3 is 5.97 Å². The lowest BCUT2D eigenvalue weighted by atomic mass is 9.86. The molecular weight excluding hydrogens is 438 g/mol. The molecule has 1 aliphatic heterocycles. The van der Waals surface area contributed by atoms with Crippen molar-refractivity contribution in [1.82, 2.24) is 9.78 Å². The third kappa shape index (κ3) is 6.07. The SMILES string of the molecule is Cc1cc(/C(OC(C)OC(=O)Cc2ccccc2)=C(/c2ccc(C(C)(C)C)cc2)C2C=N2)n(C)n1. The maximum atomic E-state index is 12.6. The Hall–Kier alpha value is -3.67. The van der Waals surface area contributed by atoms with Crippen LogP contribution < -0.4 is 0 Å². The second-order valence-electron chi connectivity index (χ2n) is 9.95. The third-order valence-corrected chi connectivity index (χ3v) is 5.91. The summed E-state index contributed by atoms with van der Waals surface area (Å²) < 4.78 is 13.8. The number of aliphatic imine (C=N–C) groups is 1. The Morgan fingerprint density at radius 1 is 1.06 bits per heavy atom. The maximum Gasteiger partial charge on any atom is 0.313 e. The molecular formula is C29H33N3O3. The first-order valence-corrected chi connectivity index (χ1v) is 11.9. The summed E-state index contributed by atoms with van der Waals surface area (Å²) in [4.78, 5) is 17.0. The molecule has 0 radical (unpaired) electrons. The average molecular weight is 472 g/mol. The number of nitrogens with zero attached hydrogens (tertiary/aromatic N) is 3. The number of aromatic nitrogens is 2. The highest BCUT2D eigenvalue weighted by Gasteiger charge is 2.30. The minimum atomic E-state index is -0.793. The van der Waals surface area contributed by atoms with Crippen LogP contribution in [0.3, 0.4) is 0 Å². The monoisotopic (exact) mass is 471 g/mol. The second-order valence-corrected chi connectivity index (χ2v) is 9.95. The number of ether oxygens (including phenoxy) is 2. The minimum Gasteiger partial charge on any atom is -0.452 e. The summed E-state index contributed by atoms with van der Waals surface area (Å²) in [6.45, 7) is 10.3. The van der Waals surface area contributed by atoms with Gasteiger partial charge in [-0.15, -0.1) is 0 Å². The summed E-state index contributed by atoms with van der Waals surface area (Å²) in [5.41, 5.74) is 5.82. The fourth-order valence-corrected chi connectivity index (χ4v) is 4.04. The molecule has 35 heavy (non-hydrogen) atoms. The number of rotatable bonds is 8. The van der Waals surface area contributed by atoms with E-state index in [2.05, 4.69) is 55.1 Å². The fourth-order valence-electron chi connectivity index (χ4n) is 4.04. The molecule has 0 N–H and O–H groups in total. The van der Waals surface area contributed by atoms with Gasteiger partial charge in [-0.25, -0.2) is 0 Å². The van der Waals surface area contributed by atoms with E-state index >= 15 is 0 Å². The van der Waals surface area contributed by atoms with E-state index < -0.39 is 6.29 Å². The van der Waals surface area contributed by atoms with Crippen LogP contribution in [-0.2, 0) is 33.2 Å². The van der Waals surface area contributed by atoms with Gasteiger partial charge in [0, 0.05) is 25.8 Å². The summed E-state index contributed by atoms with van der Waals surface area (Å²) in [6.07, 6.45) is 1.29. The molecule has 2 heterocycles. The van der Waals surface area contributed by atoms with Gasteiger partial charge in [-0.1, -0.05) is 75.4 Å². The van der Waals surface area contributed by atoms with E-state index in [-0.39, 0.29) is 23.8 Å². The fraction of sp³-hybridized carbons (Fsp3) is 0.345. The van der Waals surface area contributed by atoms with E-state index in [0.29, 0.717) is 5.76 Å². The van der Waals surface area contributed by atoms with Gasteiger partial charge in [0.1, 0.15) is 11.7 Å². The lowest BCUT2D eigenvalue weighted by molar-refractivity contribution is -0.163. The molecule has 1 aromatic heterocycles. The highest BCUT2D eigenvalue weighted by Crippen LogP contribution is 2.36. The molecule has 2 unspecified atom stereocenters. The summed E-state index contributed by atoms with van der Waals surface area (Å²) in [6, 6.07) is 19.9. The van der Waals surface area contributed by atoms with Crippen molar-refractivity contribution in [1.29, 1.82) is 0 Å². The van der Waals surface area contributed by atoms with Crippen LogP contribution in [0.15, 0.2) is 65.7 Å². The van der Waals surface area contributed by atoms with Crippen LogP contribution in [0.4, 0.5) is 0 Å². The Kier molecular flexibility index (Phi) is 6.92. The highest BCUT2D eigenvalue weighted by molar-refractivity contribution is 6.03. The molecule has 0 saturated carbocycles. The molecule has 0 fully saturated rings. The zero-order valence-corrected chi connectivity index (χ0v) is 21.3. The van der Waals surface area contributed by atoms with Crippen LogP contribution in [0, 0.1) is 6.92 Å². The van der Waals surface area contributed by atoms with Crippen molar-refractivity contribution in [3.63, 3.8) is 0 Å². The number of hydrogen-bond acceptors (Lipinski definition) is 5. The maximum absolute atomic E-state index is 12.6. The normalized spacial score (nSPS) is 16.5. The zero-order valence-electron chi connectivity index (χ0n) is 21.3. The van der Waals surface area contributed by atoms with Crippen molar-refractivity contribution in [2.45, 2.75) is 58.8 Å². The van der Waals surface area contributed by atoms with Crippen molar-refractivity contribution in [2.75, 3.05) is 0 Å². The average Bonchev–Trinajstić information content (AvgIpc) is 3.56. The van der Waals surface area contributed by atoms with Gasteiger partial charge in [0.05, 0.1) is 12.1 Å². The smallest absolute Gasteiger partial charge is 0.313 e. The zero-order chi connectivity index (χ0) is 25.2. The number of carbonyl (C=O) groups is 1. The summed E-state index contributed by atoms with van der Waals surface area (Å²) in [5.74, 6) is 0.266. The lowest BCUT2D eigenvalue weighted by Crippen LogP contribution is -2.21. The van der Waals surface area contributed by atoms with Gasteiger partial charge in [0.25, 0.3) is 0 Å². The highest BCUT2D eigenvalue weighted by atomic mass is 16.7. The van der Waals surface area contributed by atoms with Crippen LogP contribution in [0.2, 0.25) is 0 Å². The van der Waals surface area contributed by atoms with Gasteiger partial charge in [-0.05, 0) is 35.1 Å². The van der Waals surface area contributed by atoms with E-state index in [1.807, 2.05) is 56.6 Å². The van der Waals surface area contributed by atoms with E-state index in [9.17, 15) is 4.79 Å². The lowest BCUT2D eigenvalue weighted by Gasteiger charge is -2.22. The second kappa shape index (κ2) is 9.90. The number of benzene rings is 2. The third-order valence-electron chi connectivity index (χ3n) is 5.91. The van der Waals surface area contributed by atoms with E-state index in [1.54, 1.807) is 11.6 Å². The van der Waals surface area contributed by atoms with Crippen LogP contribution in [0.1, 0.15) is 55.8 Å². The standard InChI is InChI=1S/C29H33N3O3/c1-19-16-25(32(6)31-19)28(35-20(2)34-26(33)17-21-10-8-7-9-11-21)27(24-18-30-24)22-12-14-23(15-13-22)29(3,4)5/h7-16,18,20,24H,17H2,1-6H3/b28-27+. The Bertz CT molecular complexity index is 1240. The Morgan fingerprint density at radius 2 is 1.71 bits per heavy atom. The summed E-state index contributed by atoms with van der Waals surface area (Å²) >= 11 is 0. The summed E-state index contributed by atoms with van der Waals surface area (Å²) in [7, 11) is 1.88. The molecule has 0 saturated heterocycles. The molecule has 2 aromatic carbocycles. The van der Waals surface area contributed by atoms with Crippen LogP contribution in [0.5, 0.6) is 0 Å². The molecule has 6 nitrogen and oxygen atoms in total. The molecule has 0 amide bonds. The van der Waals surface area contributed by atoms with Crippen molar-refractivity contribution in [3.8, 4) is 0 Å². The van der Waals surface area contributed by atoms with Crippen molar-refractivity contribution >= 4 is 23.5 Å². The predicted octanol–water partition coefficient (Wildman–Crippen LogP) is 5.50. The molecule has 0 spiro atoms. The molecule has 6 heteroatoms. The molecule has 4 rings (SSSR count). The van der Waals surface area contributed by atoms with Gasteiger partial charge in [-0.3, -0.25) is 14.5 Å². The van der Waals surface area contributed by atoms with E-state index in [0.717, 1.165) is 28.1 Å². The van der Waals surface area contributed by atoms with Crippen LogP contribution in [-0.4, -0.2) is 34.3 Å². The molecule has 182 valence electrons. The topological polar surface area (TPSA) is 65.7 Å². The first kappa shape index (κ1) is 24.5. The quantitative estimate of drug-likeness (QED) is 0.247. The summed E-state index contributed by atoms with van der Waals surface area (Å²) in [5, 5.41) is 4.51. The van der Waals surface area contributed by atoms with Crippen molar-refractivity contribution < 1.29 is 14.3 Å². The van der Waals surface area contributed by atoms with Gasteiger partial charge in [0.2, 0.25) is 6.29 Å². The van der Waals surface area contributed by atoms with Crippen molar-refractivity contribution in [2.24, 2.45) is 12.0 Å². The van der Waals surface area contributed by atoms with Crippen molar-refractivity contribution in [3.05, 3.63) is 88.7 Å². The molecule has 0 aliphatic carbocycles. The number of hydrogen-bond donors (Lipinski definition) is 0. The van der Waals surface area contributed by atoms with Gasteiger partial charge in [0.15, 0.2) is 5.76 Å². The Labute approximate surface area is 207 Å². The first-order chi connectivity index (χ1) is 16.6. The number of aryl methyl sites for hydroxylation is 2. The van der Waals surface area contributed by atoms with Gasteiger partial charge < -0.3 is 9.47 Å². The van der Waals surface area contributed by atoms with E-state index in [1.165, 1.54) is 5.56 Å². The van der Waals surface area contributed by atoms with Crippen LogP contribution in [0.25, 0.3) is 11.3 Å². The predicted molar refractivity (Wildman–Crippen MR) is 139 cm³/mol. The number of esters is 1.